The molecule has 3 nitrogen and oxygen atoms in total. The molecule has 0 aromatic rings. The molecule has 140 valence electrons. The molecule has 1 atom stereocenters. The molecule has 0 rings (SSSR count). The summed E-state index contributed by atoms with van der Waals surface area (Å²) in [7, 11) is -6.74. The van der Waals surface area contributed by atoms with Crippen molar-refractivity contribution in [2.75, 3.05) is 0 Å². The predicted molar refractivity (Wildman–Crippen MR) is 62.9 cm³/mol. The van der Waals surface area contributed by atoms with Gasteiger partial charge in [-0.1, -0.05) is 25.7 Å². The molecule has 0 radical (unpaired) electrons. The predicted octanol–water partition coefficient (Wildman–Crippen LogP) is 1.39. The molecule has 0 N–H and O–H groups in total. The smallest absolute Gasteiger partial charge is 0.743 e. The van der Waals surface area contributed by atoms with E-state index in [1.165, 1.54) is 0 Å². The van der Waals surface area contributed by atoms with Crippen LogP contribution in [0.15, 0.2) is 0 Å². The standard InChI is InChI=1S/C11H16F8O3S.Li/c12-8(10(16,17)11(18,19)23(20,21)22)6-4-2-1-3-5-7-9(13,14)15;/h8H,1-7H2,(H,20,21,22);/q;+1/p-1. The molecule has 1 unspecified atom stereocenters. The van der Waals surface area contributed by atoms with E-state index in [1.54, 1.807) is 0 Å². The van der Waals surface area contributed by atoms with Gasteiger partial charge in [-0.05, 0) is 12.8 Å². The Labute approximate surface area is 146 Å². The van der Waals surface area contributed by atoms with Gasteiger partial charge in [-0.25, -0.2) is 12.8 Å². The molecule has 0 amide bonds. The van der Waals surface area contributed by atoms with Crippen LogP contribution in [0, 0.1) is 0 Å². The second kappa shape index (κ2) is 9.59. The van der Waals surface area contributed by atoms with Crippen molar-refractivity contribution in [3.8, 4) is 0 Å². The fourth-order valence-electron chi connectivity index (χ4n) is 1.71. The second-order valence-electron chi connectivity index (χ2n) is 4.98. The normalized spacial score (nSPS) is 15.0. The van der Waals surface area contributed by atoms with Gasteiger partial charge in [0, 0.05) is 6.42 Å². The zero-order valence-corrected chi connectivity index (χ0v) is 13.5. The maximum atomic E-state index is 13.2. The maximum Gasteiger partial charge on any atom is 1.00 e. The van der Waals surface area contributed by atoms with Crippen LogP contribution in [0.2, 0.25) is 0 Å². The van der Waals surface area contributed by atoms with Crippen LogP contribution < -0.4 is 18.9 Å². The van der Waals surface area contributed by atoms with Crippen molar-refractivity contribution >= 4 is 10.1 Å². The summed E-state index contributed by atoms with van der Waals surface area (Å²) in [6, 6.07) is 0. The van der Waals surface area contributed by atoms with Gasteiger partial charge in [-0.2, -0.15) is 30.7 Å². The second-order valence-corrected chi connectivity index (χ2v) is 6.40. The average Bonchev–Trinajstić information content (AvgIpc) is 2.34. The Kier molecular flexibility index (Phi) is 10.5. The fourth-order valence-corrected chi connectivity index (χ4v) is 2.17. The van der Waals surface area contributed by atoms with Gasteiger partial charge in [0.1, 0.15) is 0 Å². The van der Waals surface area contributed by atoms with Gasteiger partial charge in [0.05, 0.1) is 0 Å². The van der Waals surface area contributed by atoms with E-state index in [0.717, 1.165) is 0 Å². The van der Waals surface area contributed by atoms with Gasteiger partial charge in [-0.3, -0.25) is 0 Å². The molecule has 0 heterocycles. The minimum absolute atomic E-state index is 0. The third kappa shape index (κ3) is 7.89. The van der Waals surface area contributed by atoms with Crippen molar-refractivity contribution in [3.05, 3.63) is 0 Å². The van der Waals surface area contributed by atoms with E-state index in [1.807, 2.05) is 0 Å². The van der Waals surface area contributed by atoms with E-state index in [4.69, 9.17) is 0 Å². The van der Waals surface area contributed by atoms with Crippen LogP contribution in [0.4, 0.5) is 35.1 Å². The number of hydrogen-bond donors (Lipinski definition) is 0. The van der Waals surface area contributed by atoms with E-state index in [9.17, 15) is 48.1 Å². The summed E-state index contributed by atoms with van der Waals surface area (Å²) in [5.41, 5.74) is 0. The monoisotopic (exact) mass is 386 g/mol. The zero-order valence-electron chi connectivity index (χ0n) is 12.7. The SMILES string of the molecule is O=S(=O)([O-])C(F)(F)C(F)(F)C(F)CCCCCCCC(F)(F)F.[Li+]. The Balaban J connectivity index is 0. The van der Waals surface area contributed by atoms with Crippen molar-refractivity contribution in [1.29, 1.82) is 0 Å². The number of alkyl halides is 8. The summed E-state index contributed by atoms with van der Waals surface area (Å²) in [6.07, 6.45) is -10.4. The summed E-state index contributed by atoms with van der Waals surface area (Å²) >= 11 is 0. The van der Waals surface area contributed by atoms with Gasteiger partial charge in [0.15, 0.2) is 16.3 Å². The third-order valence-electron chi connectivity index (χ3n) is 3.01. The van der Waals surface area contributed by atoms with Crippen LogP contribution >= 0.6 is 0 Å². The molecule has 0 aliphatic carbocycles. The van der Waals surface area contributed by atoms with E-state index in [2.05, 4.69) is 0 Å². The molecule has 24 heavy (non-hydrogen) atoms. The van der Waals surface area contributed by atoms with Crippen LogP contribution in [0.5, 0.6) is 0 Å². The molecule has 0 spiro atoms. The molecule has 13 heteroatoms. The number of rotatable bonds is 10. The van der Waals surface area contributed by atoms with Gasteiger partial charge in [0.2, 0.25) is 0 Å². The van der Waals surface area contributed by atoms with E-state index < -0.39 is 46.5 Å². The van der Waals surface area contributed by atoms with Gasteiger partial charge < -0.3 is 4.55 Å². The van der Waals surface area contributed by atoms with Crippen LogP contribution in [0.3, 0.4) is 0 Å². The average molecular weight is 386 g/mol. The molecule has 0 bridgehead atoms. The molecule has 0 aliphatic rings. The van der Waals surface area contributed by atoms with Crippen LogP contribution in [0.1, 0.15) is 44.9 Å². The number of hydrogen-bond acceptors (Lipinski definition) is 3. The maximum absolute atomic E-state index is 13.2. The van der Waals surface area contributed by atoms with E-state index in [0.29, 0.717) is 0 Å². The Morgan fingerprint density at radius 1 is 0.833 bits per heavy atom. The van der Waals surface area contributed by atoms with Crippen LogP contribution in [-0.4, -0.2) is 36.5 Å². The summed E-state index contributed by atoms with van der Waals surface area (Å²) < 4.78 is 130. The Morgan fingerprint density at radius 3 is 1.67 bits per heavy atom. The molecule has 0 aromatic heterocycles. The largest absolute Gasteiger partial charge is 1.00 e. The van der Waals surface area contributed by atoms with Gasteiger partial charge in [0.25, 0.3) is 0 Å². The molecule has 0 aromatic carbocycles. The fraction of sp³-hybridized carbons (Fsp3) is 1.00. The minimum atomic E-state index is -6.74. The summed E-state index contributed by atoms with van der Waals surface area (Å²) in [5, 5.41) is -6.08. The first kappa shape index (κ1) is 26.2. The van der Waals surface area contributed by atoms with Crippen molar-refractivity contribution in [2.24, 2.45) is 0 Å². The van der Waals surface area contributed by atoms with Crippen molar-refractivity contribution in [1.82, 2.24) is 0 Å². The first-order valence-electron chi connectivity index (χ1n) is 6.55. The molecular formula is C11H15F8LiO3S. The topological polar surface area (TPSA) is 57.2 Å². The van der Waals surface area contributed by atoms with Crippen molar-refractivity contribution in [3.63, 3.8) is 0 Å². The van der Waals surface area contributed by atoms with E-state index >= 15 is 0 Å². The number of unbranched alkanes of at least 4 members (excludes halogenated alkanes) is 4. The molecular weight excluding hydrogens is 371 g/mol. The summed E-state index contributed by atoms with van der Waals surface area (Å²) in [4.78, 5) is 0. The van der Waals surface area contributed by atoms with Crippen LogP contribution in [-0.2, 0) is 10.1 Å². The summed E-state index contributed by atoms with van der Waals surface area (Å²) in [6.45, 7) is 0. The quantitative estimate of drug-likeness (QED) is 0.247. The first-order valence-corrected chi connectivity index (χ1v) is 7.95. The minimum Gasteiger partial charge on any atom is -0.743 e. The Hall–Kier alpha value is -0.0526. The van der Waals surface area contributed by atoms with Crippen molar-refractivity contribution < 1.29 is 67.0 Å². The Morgan fingerprint density at radius 2 is 1.25 bits per heavy atom. The molecule has 0 saturated carbocycles. The molecule has 0 saturated heterocycles. The molecule has 0 aliphatic heterocycles. The number of halogens is 8. The van der Waals surface area contributed by atoms with Crippen molar-refractivity contribution in [2.45, 2.75) is 68.5 Å². The Bertz CT molecular complexity index is 466. The molecule has 0 fully saturated rings. The van der Waals surface area contributed by atoms with Gasteiger partial charge >= 0.3 is 36.2 Å². The van der Waals surface area contributed by atoms with E-state index in [-0.39, 0.29) is 51.0 Å². The third-order valence-corrected chi connectivity index (χ3v) is 3.91. The first-order chi connectivity index (χ1) is 10.1. The zero-order chi connectivity index (χ0) is 18.5. The van der Waals surface area contributed by atoms with Gasteiger partial charge in [-0.15, -0.1) is 0 Å². The van der Waals surface area contributed by atoms with Crippen LogP contribution in [0.25, 0.3) is 0 Å². The summed E-state index contributed by atoms with van der Waals surface area (Å²) in [5.74, 6) is -5.68.